The summed E-state index contributed by atoms with van der Waals surface area (Å²) in [5, 5.41) is 3.33. The van der Waals surface area contributed by atoms with Crippen molar-refractivity contribution < 1.29 is 0 Å². The van der Waals surface area contributed by atoms with Crippen LogP contribution in [0.3, 0.4) is 0 Å². The molecule has 0 amide bonds. The molecule has 3 aromatic rings. The molecule has 25 heavy (non-hydrogen) atoms. The van der Waals surface area contributed by atoms with Crippen molar-refractivity contribution in [3.63, 3.8) is 0 Å². The molecule has 2 aromatic heterocycles. The number of anilines is 1. The number of aryl methyl sites for hydroxylation is 1. The number of rotatable bonds is 5. The van der Waals surface area contributed by atoms with E-state index in [1.54, 1.807) is 7.05 Å². The molecule has 0 radical (unpaired) electrons. The van der Waals surface area contributed by atoms with Crippen LogP contribution in [-0.4, -0.2) is 25.1 Å². The Morgan fingerprint density at radius 1 is 1.36 bits per heavy atom. The lowest BCUT2D eigenvalue weighted by atomic mass is 10.2. The van der Waals surface area contributed by atoms with E-state index in [2.05, 4.69) is 38.1 Å². The van der Waals surface area contributed by atoms with E-state index >= 15 is 0 Å². The molecule has 0 bridgehead atoms. The number of aromatic amines is 1. The Labute approximate surface area is 152 Å². The third kappa shape index (κ3) is 3.39. The van der Waals surface area contributed by atoms with Crippen LogP contribution in [0.2, 0.25) is 0 Å². The van der Waals surface area contributed by atoms with E-state index in [4.69, 9.17) is 0 Å². The summed E-state index contributed by atoms with van der Waals surface area (Å²) < 4.78 is 4.14. The van der Waals surface area contributed by atoms with Gasteiger partial charge in [-0.2, -0.15) is 4.98 Å². The molecule has 2 N–H and O–H groups in total. The molecule has 0 unspecified atom stereocenters. The zero-order chi connectivity index (χ0) is 18.1. The summed E-state index contributed by atoms with van der Waals surface area (Å²) in [5.74, 6) is 0.580. The van der Waals surface area contributed by atoms with Gasteiger partial charge in [0.15, 0.2) is 11.2 Å². The van der Waals surface area contributed by atoms with Crippen LogP contribution in [0.1, 0.15) is 25.8 Å². The minimum Gasteiger partial charge on any atom is -0.353 e. The molecule has 2 heterocycles. The van der Waals surface area contributed by atoms with Gasteiger partial charge in [-0.25, -0.2) is 4.79 Å². The van der Waals surface area contributed by atoms with Crippen LogP contribution in [0.25, 0.3) is 11.2 Å². The van der Waals surface area contributed by atoms with Crippen molar-refractivity contribution in [2.45, 2.75) is 32.9 Å². The normalized spacial score (nSPS) is 12.5. The van der Waals surface area contributed by atoms with Crippen LogP contribution in [-0.2, 0) is 13.6 Å². The molecule has 7 nitrogen and oxygen atoms in total. The first-order valence-electron chi connectivity index (χ1n) is 8.11. The monoisotopic (exact) mass is 405 g/mol. The second-order valence-electron chi connectivity index (χ2n) is 6.10. The summed E-state index contributed by atoms with van der Waals surface area (Å²) in [6.07, 6.45) is 0.912. The van der Waals surface area contributed by atoms with Crippen LogP contribution < -0.4 is 16.6 Å². The predicted molar refractivity (Wildman–Crippen MR) is 102 cm³/mol. The summed E-state index contributed by atoms with van der Waals surface area (Å²) >= 11 is 3.47. The molecule has 8 heteroatoms. The average molecular weight is 406 g/mol. The Morgan fingerprint density at radius 3 is 2.80 bits per heavy atom. The number of fused-ring (bicyclic) bond motifs is 1. The lowest BCUT2D eigenvalue weighted by Gasteiger charge is -2.14. The Bertz CT molecular complexity index is 1030. The topological polar surface area (TPSA) is 84.7 Å². The highest BCUT2D eigenvalue weighted by Crippen LogP contribution is 2.20. The van der Waals surface area contributed by atoms with Crippen LogP contribution >= 0.6 is 15.9 Å². The van der Waals surface area contributed by atoms with Crippen LogP contribution in [0.4, 0.5) is 5.95 Å². The number of nitrogens with zero attached hydrogens (tertiary/aromatic N) is 3. The molecule has 0 spiro atoms. The fourth-order valence-electron chi connectivity index (χ4n) is 2.64. The van der Waals surface area contributed by atoms with Crippen molar-refractivity contribution in [2.75, 3.05) is 5.32 Å². The van der Waals surface area contributed by atoms with Crippen molar-refractivity contribution in [1.82, 2.24) is 19.1 Å². The number of hydrogen-bond acceptors (Lipinski definition) is 4. The minimum atomic E-state index is -0.473. The summed E-state index contributed by atoms with van der Waals surface area (Å²) in [6, 6.07) is 8.06. The van der Waals surface area contributed by atoms with Gasteiger partial charge in [0.05, 0.1) is 6.54 Å². The molecular weight excluding hydrogens is 386 g/mol. The lowest BCUT2D eigenvalue weighted by molar-refractivity contribution is 0.729. The molecule has 0 fully saturated rings. The number of benzene rings is 1. The second kappa shape index (κ2) is 6.87. The van der Waals surface area contributed by atoms with E-state index in [0.717, 1.165) is 16.5 Å². The third-order valence-corrected chi connectivity index (χ3v) is 4.72. The molecule has 132 valence electrons. The second-order valence-corrected chi connectivity index (χ2v) is 7.01. The van der Waals surface area contributed by atoms with Crippen molar-refractivity contribution >= 4 is 33.0 Å². The van der Waals surface area contributed by atoms with E-state index in [9.17, 15) is 9.59 Å². The maximum absolute atomic E-state index is 12.4. The standard InChI is InChI=1S/C17H20BrN5O2/c1-4-10(2)19-16-20-14-13(15(24)21-17(25)22(14)3)23(16)9-11-6-5-7-12(18)8-11/h5-8,10H,4,9H2,1-3H3,(H,19,20)(H,21,24,25)/t10-/m0/s1. The molecular formula is C17H20BrN5O2. The van der Waals surface area contributed by atoms with Gasteiger partial charge in [0.2, 0.25) is 5.95 Å². The first-order chi connectivity index (χ1) is 11.9. The number of H-pyrrole nitrogens is 1. The molecule has 1 atom stereocenters. The maximum atomic E-state index is 12.4. The first kappa shape index (κ1) is 17.5. The van der Waals surface area contributed by atoms with Crippen LogP contribution in [0.5, 0.6) is 0 Å². The van der Waals surface area contributed by atoms with Gasteiger partial charge in [-0.1, -0.05) is 35.0 Å². The minimum absolute atomic E-state index is 0.189. The highest BCUT2D eigenvalue weighted by Gasteiger charge is 2.18. The highest BCUT2D eigenvalue weighted by molar-refractivity contribution is 9.10. The van der Waals surface area contributed by atoms with Gasteiger partial charge in [-0.05, 0) is 31.0 Å². The van der Waals surface area contributed by atoms with Gasteiger partial charge in [-0.3, -0.25) is 18.9 Å². The summed E-state index contributed by atoms with van der Waals surface area (Å²) in [4.78, 5) is 31.2. The number of aromatic nitrogens is 4. The van der Waals surface area contributed by atoms with Crippen molar-refractivity contribution in [3.05, 3.63) is 55.1 Å². The van der Waals surface area contributed by atoms with Gasteiger partial charge in [0, 0.05) is 17.6 Å². The molecule has 0 aliphatic carbocycles. The fraction of sp³-hybridized carbons (Fsp3) is 0.353. The van der Waals surface area contributed by atoms with E-state index in [1.807, 2.05) is 35.8 Å². The van der Waals surface area contributed by atoms with E-state index in [0.29, 0.717) is 23.7 Å². The summed E-state index contributed by atoms with van der Waals surface area (Å²) in [5.41, 5.74) is 0.869. The quantitative estimate of drug-likeness (QED) is 0.682. The first-order valence-corrected chi connectivity index (χ1v) is 8.90. The Morgan fingerprint density at radius 2 is 2.12 bits per heavy atom. The highest BCUT2D eigenvalue weighted by atomic mass is 79.9. The number of imidazole rings is 1. The van der Waals surface area contributed by atoms with E-state index in [1.165, 1.54) is 4.57 Å². The SMILES string of the molecule is CC[C@H](C)Nc1nc2c(c(=O)[nH]c(=O)n2C)n1Cc1cccc(Br)c1. The zero-order valence-electron chi connectivity index (χ0n) is 14.3. The van der Waals surface area contributed by atoms with Gasteiger partial charge in [0.1, 0.15) is 0 Å². The lowest BCUT2D eigenvalue weighted by Crippen LogP contribution is -2.29. The molecule has 0 aliphatic rings. The van der Waals surface area contributed by atoms with Gasteiger partial charge < -0.3 is 5.32 Å². The Balaban J connectivity index is 2.22. The van der Waals surface area contributed by atoms with Crippen molar-refractivity contribution in [1.29, 1.82) is 0 Å². The molecule has 0 aliphatic heterocycles. The fourth-order valence-corrected chi connectivity index (χ4v) is 3.09. The van der Waals surface area contributed by atoms with Crippen molar-refractivity contribution in [3.8, 4) is 0 Å². The summed E-state index contributed by atoms with van der Waals surface area (Å²) in [7, 11) is 1.60. The Kier molecular flexibility index (Phi) is 4.80. The predicted octanol–water partition coefficient (Wildman–Crippen LogP) is 2.44. The maximum Gasteiger partial charge on any atom is 0.329 e. The van der Waals surface area contributed by atoms with E-state index < -0.39 is 11.2 Å². The molecule has 3 rings (SSSR count). The summed E-state index contributed by atoms with van der Waals surface area (Å²) in [6.45, 7) is 4.59. The number of hydrogen-bond donors (Lipinski definition) is 2. The average Bonchev–Trinajstić information content (AvgIpc) is 2.91. The third-order valence-electron chi connectivity index (χ3n) is 4.22. The van der Waals surface area contributed by atoms with E-state index in [-0.39, 0.29) is 6.04 Å². The van der Waals surface area contributed by atoms with Gasteiger partial charge >= 0.3 is 5.69 Å². The van der Waals surface area contributed by atoms with Gasteiger partial charge in [-0.15, -0.1) is 0 Å². The molecule has 0 saturated heterocycles. The number of halogens is 1. The number of nitrogens with one attached hydrogen (secondary N) is 2. The zero-order valence-corrected chi connectivity index (χ0v) is 15.9. The molecule has 1 aromatic carbocycles. The van der Waals surface area contributed by atoms with Gasteiger partial charge in [0.25, 0.3) is 5.56 Å². The largest absolute Gasteiger partial charge is 0.353 e. The van der Waals surface area contributed by atoms with Crippen LogP contribution in [0, 0.1) is 0 Å². The Hall–Kier alpha value is -2.35. The molecule has 0 saturated carbocycles. The van der Waals surface area contributed by atoms with Crippen molar-refractivity contribution in [2.24, 2.45) is 7.05 Å². The van der Waals surface area contributed by atoms with Crippen LogP contribution in [0.15, 0.2) is 38.3 Å². The smallest absolute Gasteiger partial charge is 0.329 e.